The average Bonchev–Trinajstić information content (AvgIpc) is 2.10. The monoisotopic (exact) mass is 292 g/mol. The molecule has 11 heteroatoms. The van der Waals surface area contributed by atoms with Gasteiger partial charge in [0.1, 0.15) is 0 Å². The first-order valence-corrected chi connectivity index (χ1v) is 7.65. The second-order valence-corrected chi connectivity index (χ2v) is 7.46. The zero-order chi connectivity index (χ0) is 13.9. The molecule has 0 aromatic carbocycles. The van der Waals surface area contributed by atoms with Crippen LogP contribution in [0.15, 0.2) is 0 Å². The van der Waals surface area contributed by atoms with Crippen LogP contribution in [0.4, 0.5) is 4.79 Å². The molecule has 0 saturated carbocycles. The van der Waals surface area contributed by atoms with Crippen LogP contribution in [0.25, 0.3) is 0 Å². The van der Waals surface area contributed by atoms with E-state index in [4.69, 9.17) is 19.6 Å². The molecular weight excluding hydrogens is 278 g/mol. The maximum Gasteiger partial charge on any atom is 0.510 e. The largest absolute Gasteiger partial charge is 0.510 e. The van der Waals surface area contributed by atoms with Gasteiger partial charge in [0.25, 0.3) is 0 Å². The standard InChI is InChI=1S/C6H14O9P2/c1-3-4-14-5(7)15-6(2,16(8,9)10)17(11,12)13/h3-4H2,1-2H3,(H2,8,9,10)(H2,11,12,13). The number of rotatable bonds is 5. The van der Waals surface area contributed by atoms with Crippen molar-refractivity contribution in [3.63, 3.8) is 0 Å². The summed E-state index contributed by atoms with van der Waals surface area (Å²) in [5.41, 5.74) is 0. The van der Waals surface area contributed by atoms with E-state index in [-0.39, 0.29) is 6.61 Å². The van der Waals surface area contributed by atoms with Crippen LogP contribution >= 0.6 is 15.2 Å². The van der Waals surface area contributed by atoms with Gasteiger partial charge in [-0.25, -0.2) is 4.79 Å². The maximum absolute atomic E-state index is 11.0. The predicted molar refractivity (Wildman–Crippen MR) is 55.2 cm³/mol. The van der Waals surface area contributed by atoms with Crippen molar-refractivity contribution in [3.8, 4) is 0 Å². The molecule has 0 heterocycles. The van der Waals surface area contributed by atoms with E-state index in [1.165, 1.54) is 0 Å². The molecule has 0 aliphatic heterocycles. The zero-order valence-corrected chi connectivity index (χ0v) is 10.9. The summed E-state index contributed by atoms with van der Waals surface area (Å²) in [6.07, 6.45) is -1.14. The molecule has 17 heavy (non-hydrogen) atoms. The second kappa shape index (κ2) is 5.48. The van der Waals surface area contributed by atoms with E-state index in [2.05, 4.69) is 9.47 Å². The van der Waals surface area contributed by atoms with Gasteiger partial charge in [-0.3, -0.25) is 9.13 Å². The lowest BCUT2D eigenvalue weighted by Gasteiger charge is -2.29. The minimum atomic E-state index is -5.38. The third-order valence-corrected chi connectivity index (χ3v) is 5.69. The lowest BCUT2D eigenvalue weighted by atomic mass is 10.5. The van der Waals surface area contributed by atoms with Crippen molar-refractivity contribution in [1.82, 2.24) is 0 Å². The molecule has 0 unspecified atom stereocenters. The van der Waals surface area contributed by atoms with E-state index in [1.807, 2.05) is 0 Å². The number of ether oxygens (including phenoxy) is 2. The Morgan fingerprint density at radius 3 is 1.88 bits per heavy atom. The maximum atomic E-state index is 11.0. The van der Waals surface area contributed by atoms with Crippen molar-refractivity contribution in [2.75, 3.05) is 6.61 Å². The second-order valence-electron chi connectivity index (χ2n) is 3.22. The summed E-state index contributed by atoms with van der Waals surface area (Å²) >= 11 is 0. The average molecular weight is 292 g/mol. The summed E-state index contributed by atoms with van der Waals surface area (Å²) in [4.78, 5) is 46.3. The normalized spacial score (nSPS) is 13.3. The Labute approximate surface area is 97.1 Å². The molecule has 102 valence electrons. The van der Waals surface area contributed by atoms with Crippen molar-refractivity contribution < 1.29 is 43.0 Å². The predicted octanol–water partition coefficient (Wildman–Crippen LogP) is 0.579. The van der Waals surface area contributed by atoms with Crippen LogP contribution in [0.5, 0.6) is 0 Å². The molecule has 0 amide bonds. The summed E-state index contributed by atoms with van der Waals surface area (Å²) < 4.78 is 30.4. The van der Waals surface area contributed by atoms with Crippen LogP contribution in [0.2, 0.25) is 0 Å². The molecule has 0 spiro atoms. The Bertz CT molecular complexity index is 344. The number of hydrogen-bond acceptors (Lipinski definition) is 5. The summed E-state index contributed by atoms with van der Waals surface area (Å²) in [7, 11) is -10.8. The van der Waals surface area contributed by atoms with Gasteiger partial charge in [-0.2, -0.15) is 0 Å². The van der Waals surface area contributed by atoms with Gasteiger partial charge in [-0.15, -0.1) is 0 Å². The van der Waals surface area contributed by atoms with Gasteiger partial charge in [-0.05, 0) is 13.3 Å². The fraction of sp³-hybridized carbons (Fsp3) is 0.833. The lowest BCUT2D eigenvalue weighted by molar-refractivity contribution is 0.0216. The Balaban J connectivity index is 5.07. The fourth-order valence-electron chi connectivity index (χ4n) is 0.661. The molecule has 0 rings (SSSR count). The van der Waals surface area contributed by atoms with Crippen molar-refractivity contribution in [1.29, 1.82) is 0 Å². The van der Waals surface area contributed by atoms with Crippen LogP contribution in [0.1, 0.15) is 20.3 Å². The minimum absolute atomic E-state index is 0.1000. The third kappa shape index (κ3) is 4.06. The Kier molecular flexibility index (Phi) is 5.34. The molecule has 0 aromatic heterocycles. The number of hydrogen-bond donors (Lipinski definition) is 4. The highest BCUT2D eigenvalue weighted by atomic mass is 31.2. The van der Waals surface area contributed by atoms with Crippen molar-refractivity contribution >= 4 is 21.3 Å². The summed E-state index contributed by atoms with van der Waals surface area (Å²) in [5, 5.41) is -3.25. The Morgan fingerprint density at radius 1 is 1.18 bits per heavy atom. The fourth-order valence-corrected chi connectivity index (χ4v) is 2.41. The van der Waals surface area contributed by atoms with Crippen LogP contribution in [-0.2, 0) is 18.6 Å². The zero-order valence-electron chi connectivity index (χ0n) is 9.14. The quantitative estimate of drug-likeness (QED) is 0.421. The highest BCUT2D eigenvalue weighted by Gasteiger charge is 2.60. The van der Waals surface area contributed by atoms with Gasteiger partial charge in [0.05, 0.1) is 6.61 Å². The molecule has 0 aliphatic carbocycles. The van der Waals surface area contributed by atoms with E-state index in [0.717, 1.165) is 0 Å². The van der Waals surface area contributed by atoms with Crippen LogP contribution < -0.4 is 0 Å². The Morgan fingerprint density at radius 2 is 1.59 bits per heavy atom. The molecule has 0 saturated heterocycles. The first-order chi connectivity index (χ1) is 7.45. The number of carbonyl (C=O) groups excluding carboxylic acids is 1. The van der Waals surface area contributed by atoms with Crippen LogP contribution in [-0.4, -0.2) is 37.4 Å². The molecule has 0 aromatic rings. The first-order valence-electron chi connectivity index (χ1n) is 4.42. The van der Waals surface area contributed by atoms with E-state index in [9.17, 15) is 13.9 Å². The molecule has 0 bridgehead atoms. The molecule has 0 radical (unpaired) electrons. The summed E-state index contributed by atoms with van der Waals surface area (Å²) in [6.45, 7) is 2.00. The SMILES string of the molecule is CCCOC(=O)OC(C)(P(=O)(O)O)P(=O)(O)O. The molecule has 0 fully saturated rings. The molecule has 0 atom stereocenters. The molecule has 9 nitrogen and oxygen atoms in total. The number of carbonyl (C=O) groups is 1. The van der Waals surface area contributed by atoms with E-state index in [0.29, 0.717) is 13.3 Å². The molecule has 4 N–H and O–H groups in total. The van der Waals surface area contributed by atoms with Gasteiger partial charge in [0, 0.05) is 0 Å². The first kappa shape index (κ1) is 16.6. The van der Waals surface area contributed by atoms with Gasteiger partial charge in [0.2, 0.25) is 0 Å². The van der Waals surface area contributed by atoms with Crippen LogP contribution in [0.3, 0.4) is 0 Å². The summed E-state index contributed by atoms with van der Waals surface area (Å²) in [6, 6.07) is 0. The lowest BCUT2D eigenvalue weighted by Crippen LogP contribution is -2.32. The molecular formula is C6H14O9P2. The van der Waals surface area contributed by atoms with Gasteiger partial charge < -0.3 is 29.0 Å². The van der Waals surface area contributed by atoms with Gasteiger partial charge >= 0.3 is 26.4 Å². The Hall–Kier alpha value is -0.430. The molecule has 0 aliphatic rings. The highest BCUT2D eigenvalue weighted by molar-refractivity contribution is 7.72. The van der Waals surface area contributed by atoms with E-state index < -0.39 is 26.4 Å². The summed E-state index contributed by atoms with van der Waals surface area (Å²) in [5.74, 6) is 0. The van der Waals surface area contributed by atoms with Crippen molar-refractivity contribution in [2.45, 2.75) is 25.4 Å². The van der Waals surface area contributed by atoms with Gasteiger partial charge in [-0.1, -0.05) is 6.92 Å². The minimum Gasteiger partial charge on any atom is -0.434 e. The van der Waals surface area contributed by atoms with Crippen molar-refractivity contribution in [3.05, 3.63) is 0 Å². The van der Waals surface area contributed by atoms with Crippen molar-refractivity contribution in [2.24, 2.45) is 0 Å². The highest BCUT2D eigenvalue weighted by Crippen LogP contribution is 2.69. The smallest absolute Gasteiger partial charge is 0.434 e. The topological polar surface area (TPSA) is 151 Å². The van der Waals surface area contributed by atoms with E-state index >= 15 is 0 Å². The van der Waals surface area contributed by atoms with Crippen LogP contribution in [0, 0.1) is 0 Å². The third-order valence-electron chi connectivity index (χ3n) is 1.78. The van der Waals surface area contributed by atoms with E-state index in [1.54, 1.807) is 6.92 Å². The van der Waals surface area contributed by atoms with Gasteiger partial charge in [0.15, 0.2) is 0 Å².